The van der Waals surface area contributed by atoms with Crippen molar-refractivity contribution in [1.29, 1.82) is 0 Å². The molecule has 5 rings (SSSR count). The molecule has 0 spiro atoms. The number of carbonyl (C=O) groups is 1. The predicted octanol–water partition coefficient (Wildman–Crippen LogP) is 7.31. The largest absolute Gasteiger partial charge is 0.348 e. The fraction of sp³-hybridized carbons (Fsp3) is 0.286. The Morgan fingerprint density at radius 2 is 1.70 bits per heavy atom. The highest BCUT2D eigenvalue weighted by molar-refractivity contribution is 7.99. The first-order valence-electron chi connectivity index (χ1n) is 11.7. The van der Waals surface area contributed by atoms with Crippen molar-refractivity contribution >= 4 is 29.1 Å². The van der Waals surface area contributed by atoms with Gasteiger partial charge in [0.2, 0.25) is 0 Å². The number of hydrogen-bond donors (Lipinski definition) is 1. The third kappa shape index (κ3) is 5.03. The van der Waals surface area contributed by atoms with Gasteiger partial charge in [-0.2, -0.15) is 0 Å². The molecule has 0 atom stereocenters. The van der Waals surface area contributed by atoms with Gasteiger partial charge >= 0.3 is 0 Å². The molecule has 1 aliphatic carbocycles. The number of nitrogens with one attached hydrogen (secondary N) is 1. The first-order valence-corrected chi connectivity index (χ1v) is 12.5. The van der Waals surface area contributed by atoms with E-state index in [1.165, 1.54) is 66.8 Å². The zero-order valence-electron chi connectivity index (χ0n) is 18.5. The SMILES string of the molecule is O=C(NCc1ccc(F)cc1)c1ccc2c(c1)N=C(C1CCCCCC1)c1ccccc1S2. The Morgan fingerprint density at radius 1 is 0.939 bits per heavy atom. The van der Waals surface area contributed by atoms with E-state index in [1.807, 2.05) is 18.2 Å². The fourth-order valence-electron chi connectivity index (χ4n) is 4.66. The number of nitrogens with zero attached hydrogens (tertiary/aromatic N) is 1. The number of rotatable bonds is 4. The monoisotopic (exact) mass is 458 g/mol. The van der Waals surface area contributed by atoms with E-state index in [-0.39, 0.29) is 11.7 Å². The van der Waals surface area contributed by atoms with Crippen LogP contribution < -0.4 is 5.32 Å². The lowest BCUT2D eigenvalue weighted by Crippen LogP contribution is -2.22. The number of halogens is 1. The smallest absolute Gasteiger partial charge is 0.251 e. The quantitative estimate of drug-likeness (QED) is 0.416. The van der Waals surface area contributed by atoms with Gasteiger partial charge in [0.05, 0.1) is 11.4 Å². The first kappa shape index (κ1) is 21.9. The molecule has 1 saturated carbocycles. The van der Waals surface area contributed by atoms with Crippen molar-refractivity contribution in [2.45, 2.75) is 54.9 Å². The number of fused-ring (bicyclic) bond motifs is 2. The molecule has 0 bridgehead atoms. The summed E-state index contributed by atoms with van der Waals surface area (Å²) < 4.78 is 13.1. The predicted molar refractivity (Wildman–Crippen MR) is 132 cm³/mol. The van der Waals surface area contributed by atoms with Crippen molar-refractivity contribution in [2.24, 2.45) is 10.9 Å². The number of benzene rings is 3. The van der Waals surface area contributed by atoms with Gasteiger partial charge < -0.3 is 5.32 Å². The second-order valence-electron chi connectivity index (χ2n) is 8.78. The van der Waals surface area contributed by atoms with Gasteiger partial charge in [0.25, 0.3) is 5.91 Å². The van der Waals surface area contributed by atoms with Gasteiger partial charge in [-0.25, -0.2) is 4.39 Å². The summed E-state index contributed by atoms with van der Waals surface area (Å²) in [7, 11) is 0. The second kappa shape index (κ2) is 9.92. The van der Waals surface area contributed by atoms with Gasteiger partial charge in [-0.15, -0.1) is 0 Å². The minimum atomic E-state index is -0.281. The summed E-state index contributed by atoms with van der Waals surface area (Å²) in [5, 5.41) is 2.94. The Morgan fingerprint density at radius 3 is 2.48 bits per heavy atom. The van der Waals surface area contributed by atoms with Crippen molar-refractivity contribution in [2.75, 3.05) is 0 Å². The van der Waals surface area contributed by atoms with Crippen LogP contribution in [0.3, 0.4) is 0 Å². The van der Waals surface area contributed by atoms with Crippen LogP contribution in [0.25, 0.3) is 0 Å². The van der Waals surface area contributed by atoms with E-state index in [1.54, 1.807) is 23.9 Å². The zero-order chi connectivity index (χ0) is 22.6. The molecule has 3 aromatic rings. The van der Waals surface area contributed by atoms with E-state index in [0.717, 1.165) is 16.1 Å². The lowest BCUT2D eigenvalue weighted by Gasteiger charge is -2.18. The highest BCUT2D eigenvalue weighted by Crippen LogP contribution is 2.43. The second-order valence-corrected chi connectivity index (χ2v) is 9.86. The Kier molecular flexibility index (Phi) is 6.58. The van der Waals surface area contributed by atoms with Crippen molar-refractivity contribution in [3.63, 3.8) is 0 Å². The molecule has 0 saturated heterocycles. The number of hydrogen-bond acceptors (Lipinski definition) is 3. The molecule has 168 valence electrons. The van der Waals surface area contributed by atoms with E-state index < -0.39 is 0 Å². The minimum absolute atomic E-state index is 0.153. The third-order valence-corrected chi connectivity index (χ3v) is 7.59. The van der Waals surface area contributed by atoms with E-state index in [0.29, 0.717) is 18.0 Å². The Hall–Kier alpha value is -2.92. The number of aliphatic imine (C=N–C) groups is 1. The van der Waals surface area contributed by atoms with Gasteiger partial charge in [-0.1, -0.05) is 67.8 Å². The molecule has 1 aliphatic heterocycles. The molecule has 2 aliphatic rings. The lowest BCUT2D eigenvalue weighted by molar-refractivity contribution is 0.0951. The van der Waals surface area contributed by atoms with Crippen molar-refractivity contribution in [3.05, 3.63) is 89.2 Å². The summed E-state index contributed by atoms with van der Waals surface area (Å²) >= 11 is 1.73. The average molecular weight is 459 g/mol. The van der Waals surface area contributed by atoms with E-state index >= 15 is 0 Å². The Balaban J connectivity index is 1.44. The normalized spacial score (nSPS) is 16.1. The molecule has 3 aromatic carbocycles. The standard InChI is InChI=1S/C28H27FN2OS/c29-22-14-11-19(12-15-22)18-30-28(32)21-13-16-26-24(17-21)31-27(20-7-3-1-2-4-8-20)23-9-5-6-10-25(23)33-26/h5-6,9-17,20H,1-4,7-8,18H2,(H,30,32). The van der Waals surface area contributed by atoms with Crippen molar-refractivity contribution < 1.29 is 9.18 Å². The van der Waals surface area contributed by atoms with Crippen molar-refractivity contribution in [1.82, 2.24) is 5.32 Å². The fourth-order valence-corrected chi connectivity index (χ4v) is 5.67. The maximum Gasteiger partial charge on any atom is 0.251 e. The molecular formula is C28H27FN2OS. The van der Waals surface area contributed by atoms with Crippen LogP contribution >= 0.6 is 11.8 Å². The topological polar surface area (TPSA) is 41.5 Å². The van der Waals surface area contributed by atoms with Crippen LogP contribution in [-0.4, -0.2) is 11.6 Å². The summed E-state index contributed by atoms with van der Waals surface area (Å²) in [5.41, 5.74) is 4.71. The van der Waals surface area contributed by atoms with Crippen LogP contribution in [-0.2, 0) is 6.54 Å². The first-order chi connectivity index (χ1) is 16.2. The maximum atomic E-state index is 13.1. The minimum Gasteiger partial charge on any atom is -0.348 e. The Labute approximate surface area is 198 Å². The molecule has 1 amide bonds. The van der Waals surface area contributed by atoms with Crippen LogP contribution in [0, 0.1) is 11.7 Å². The number of amides is 1. The summed E-state index contributed by atoms with van der Waals surface area (Å²) in [6, 6.07) is 20.5. The van der Waals surface area contributed by atoms with Crippen molar-refractivity contribution in [3.8, 4) is 0 Å². The zero-order valence-corrected chi connectivity index (χ0v) is 19.3. The van der Waals surface area contributed by atoms with Crippen LogP contribution in [0.15, 0.2) is 81.5 Å². The summed E-state index contributed by atoms with van der Waals surface area (Å²) in [4.78, 5) is 20.4. The van der Waals surface area contributed by atoms with Gasteiger partial charge in [0.1, 0.15) is 5.82 Å². The van der Waals surface area contributed by atoms with E-state index in [4.69, 9.17) is 4.99 Å². The van der Waals surface area contributed by atoms with Crippen LogP contribution in [0.2, 0.25) is 0 Å². The molecule has 33 heavy (non-hydrogen) atoms. The molecule has 0 aromatic heterocycles. The van der Waals surface area contributed by atoms with Gasteiger partial charge in [-0.05, 0) is 54.8 Å². The molecule has 1 N–H and O–H groups in total. The van der Waals surface area contributed by atoms with Crippen LogP contribution in [0.4, 0.5) is 10.1 Å². The highest BCUT2D eigenvalue weighted by atomic mass is 32.2. The maximum absolute atomic E-state index is 13.1. The van der Waals surface area contributed by atoms with Crippen LogP contribution in [0.5, 0.6) is 0 Å². The van der Waals surface area contributed by atoms with E-state index in [2.05, 4.69) is 29.6 Å². The van der Waals surface area contributed by atoms with Gasteiger partial charge in [0, 0.05) is 33.4 Å². The summed E-state index contributed by atoms with van der Waals surface area (Å²) in [6.45, 7) is 0.354. The molecule has 5 heteroatoms. The van der Waals surface area contributed by atoms with E-state index in [9.17, 15) is 9.18 Å². The Bertz CT molecular complexity index is 1180. The highest BCUT2D eigenvalue weighted by Gasteiger charge is 2.25. The van der Waals surface area contributed by atoms with Gasteiger partial charge in [-0.3, -0.25) is 9.79 Å². The molecule has 3 nitrogen and oxygen atoms in total. The summed E-state index contributed by atoms with van der Waals surface area (Å²) in [6.07, 6.45) is 7.44. The molecule has 0 unspecified atom stereocenters. The molecule has 0 radical (unpaired) electrons. The average Bonchev–Trinajstić information content (AvgIpc) is 3.20. The van der Waals surface area contributed by atoms with Crippen LogP contribution in [0.1, 0.15) is 60.0 Å². The third-order valence-electron chi connectivity index (χ3n) is 6.45. The molecule has 1 fully saturated rings. The lowest BCUT2D eigenvalue weighted by atomic mass is 9.90. The molecular weight excluding hydrogens is 431 g/mol. The number of carbonyl (C=O) groups excluding carboxylic acids is 1. The molecule has 1 heterocycles. The summed E-state index contributed by atoms with van der Waals surface area (Å²) in [5.74, 6) is 0.0212. The van der Waals surface area contributed by atoms with Gasteiger partial charge in [0.15, 0.2) is 0 Å².